The van der Waals surface area contributed by atoms with Gasteiger partial charge in [0, 0.05) is 18.7 Å². The highest BCUT2D eigenvalue weighted by Crippen LogP contribution is 2.43. The summed E-state index contributed by atoms with van der Waals surface area (Å²) in [6.07, 6.45) is 9.21. The minimum atomic E-state index is -0.620. The maximum absolute atomic E-state index is 14.5. The van der Waals surface area contributed by atoms with Gasteiger partial charge < -0.3 is 25.0 Å². The molecule has 5 fully saturated rings. The number of likely N-dealkylation sites (tertiary alicyclic amines) is 2. The minimum absolute atomic E-state index is 0.00858. The first-order valence-electron chi connectivity index (χ1n) is 14.6. The van der Waals surface area contributed by atoms with Gasteiger partial charge in [-0.05, 0) is 80.6 Å². The lowest BCUT2D eigenvalue weighted by atomic mass is 9.73. The van der Waals surface area contributed by atoms with E-state index >= 15 is 0 Å². The Bertz CT molecular complexity index is 1070. The zero-order valence-electron chi connectivity index (χ0n) is 22.5. The fourth-order valence-corrected chi connectivity index (χ4v) is 7.64. The summed E-state index contributed by atoms with van der Waals surface area (Å²) in [6.45, 7) is 2.54. The second-order valence-electron chi connectivity index (χ2n) is 12.1. The molecule has 2 aliphatic carbocycles. The number of amides is 2. The highest BCUT2D eigenvalue weighted by atomic mass is 16.5. The Balaban J connectivity index is 1.35. The molecule has 3 saturated heterocycles. The number of hydrogen-bond acceptors (Lipinski definition) is 6. The zero-order valence-corrected chi connectivity index (χ0v) is 22.5. The predicted molar refractivity (Wildman–Crippen MR) is 142 cm³/mol. The number of ketones is 1. The van der Waals surface area contributed by atoms with Crippen molar-refractivity contribution in [2.24, 2.45) is 11.7 Å². The van der Waals surface area contributed by atoms with Crippen LogP contribution in [0, 0.1) is 5.92 Å². The lowest BCUT2D eigenvalue weighted by Crippen LogP contribution is -2.46. The summed E-state index contributed by atoms with van der Waals surface area (Å²) in [5.74, 6) is -0.650. The number of piperidine rings is 1. The van der Waals surface area contributed by atoms with Gasteiger partial charge in [-0.25, -0.2) is 0 Å². The van der Waals surface area contributed by atoms with Crippen LogP contribution in [0.25, 0.3) is 0 Å². The SMILES string of the molecule is CO[C@H]1CN(C(=O)[C@H](c2cc(C3CCN(C4CC4)CC3)ccc2C(N)=O)C2CCCCC2)[C@@H]2C(=O)CO[C@H]12. The number of rotatable bonds is 7. The Labute approximate surface area is 225 Å². The topological polar surface area (TPSA) is 102 Å². The minimum Gasteiger partial charge on any atom is -0.377 e. The highest BCUT2D eigenvalue weighted by molar-refractivity contribution is 5.99. The number of primary amides is 1. The molecule has 0 spiro atoms. The Morgan fingerprint density at radius 1 is 1.05 bits per heavy atom. The van der Waals surface area contributed by atoms with Crippen molar-refractivity contribution in [3.8, 4) is 0 Å². The predicted octanol–water partition coefficient (Wildman–Crippen LogP) is 2.98. The molecule has 6 rings (SSSR count). The normalized spacial score (nSPS) is 30.0. The Morgan fingerprint density at radius 2 is 1.79 bits per heavy atom. The van der Waals surface area contributed by atoms with Crippen molar-refractivity contribution in [2.45, 2.75) is 93.9 Å². The number of carbonyl (C=O) groups is 3. The van der Waals surface area contributed by atoms with Crippen molar-refractivity contribution in [1.29, 1.82) is 0 Å². The van der Waals surface area contributed by atoms with Gasteiger partial charge in [-0.2, -0.15) is 0 Å². The second kappa shape index (κ2) is 10.7. The molecule has 2 N–H and O–H groups in total. The summed E-state index contributed by atoms with van der Waals surface area (Å²) in [5.41, 5.74) is 8.29. The van der Waals surface area contributed by atoms with Crippen molar-refractivity contribution in [1.82, 2.24) is 9.80 Å². The molecule has 0 bridgehead atoms. The number of carbonyl (C=O) groups excluding carboxylic acids is 3. The Morgan fingerprint density at radius 3 is 2.45 bits per heavy atom. The fraction of sp³-hybridized carbons (Fsp3) is 0.700. The van der Waals surface area contributed by atoms with E-state index < -0.39 is 24.0 Å². The van der Waals surface area contributed by atoms with Crippen molar-refractivity contribution in [2.75, 3.05) is 33.4 Å². The quantitative estimate of drug-likeness (QED) is 0.590. The Kier molecular flexibility index (Phi) is 7.31. The zero-order chi connectivity index (χ0) is 26.4. The van der Waals surface area contributed by atoms with Gasteiger partial charge in [0.05, 0.1) is 12.5 Å². The van der Waals surface area contributed by atoms with Gasteiger partial charge in [0.1, 0.15) is 24.9 Å². The number of Topliss-reactive ketones (excluding diaryl/α,β-unsaturated/α-hetero) is 1. The van der Waals surface area contributed by atoms with E-state index in [1.807, 2.05) is 12.1 Å². The largest absolute Gasteiger partial charge is 0.377 e. The molecule has 4 atom stereocenters. The average molecular weight is 524 g/mol. The van der Waals surface area contributed by atoms with E-state index in [0.717, 1.165) is 69.6 Å². The molecule has 8 nitrogen and oxygen atoms in total. The van der Waals surface area contributed by atoms with Crippen LogP contribution in [-0.2, 0) is 19.1 Å². The van der Waals surface area contributed by atoms with Gasteiger partial charge >= 0.3 is 0 Å². The summed E-state index contributed by atoms with van der Waals surface area (Å²) in [5, 5.41) is 0. The number of benzene rings is 1. The molecule has 2 saturated carbocycles. The van der Waals surface area contributed by atoms with Crippen LogP contribution in [-0.4, -0.2) is 85.0 Å². The van der Waals surface area contributed by atoms with E-state index in [0.29, 0.717) is 18.0 Å². The third-order valence-corrected chi connectivity index (χ3v) is 9.85. The smallest absolute Gasteiger partial charge is 0.249 e. The number of hydrogen-bond donors (Lipinski definition) is 1. The number of ether oxygens (including phenoxy) is 2. The van der Waals surface area contributed by atoms with Crippen molar-refractivity contribution in [3.63, 3.8) is 0 Å². The van der Waals surface area contributed by atoms with Crippen LogP contribution in [0.3, 0.4) is 0 Å². The second-order valence-corrected chi connectivity index (χ2v) is 12.1. The van der Waals surface area contributed by atoms with Crippen molar-refractivity contribution in [3.05, 3.63) is 34.9 Å². The van der Waals surface area contributed by atoms with Gasteiger partial charge in [0.25, 0.3) is 0 Å². The number of nitrogens with zero attached hydrogens (tertiary/aromatic N) is 2. The molecule has 2 amide bonds. The molecular formula is C30H41N3O5. The van der Waals surface area contributed by atoms with E-state index in [-0.39, 0.29) is 30.3 Å². The van der Waals surface area contributed by atoms with E-state index in [1.54, 1.807) is 12.0 Å². The number of methoxy groups -OCH3 is 1. The van der Waals surface area contributed by atoms with Crippen molar-refractivity contribution < 1.29 is 23.9 Å². The number of nitrogens with two attached hydrogens (primary N) is 1. The molecule has 5 aliphatic rings. The number of fused-ring (bicyclic) bond motifs is 1. The van der Waals surface area contributed by atoms with Crippen LogP contribution in [0.15, 0.2) is 18.2 Å². The molecule has 3 aliphatic heterocycles. The molecule has 0 unspecified atom stereocenters. The summed E-state index contributed by atoms with van der Waals surface area (Å²) in [4.78, 5) is 44.3. The van der Waals surface area contributed by atoms with Gasteiger partial charge in [0.15, 0.2) is 5.78 Å². The monoisotopic (exact) mass is 523 g/mol. The molecule has 8 heteroatoms. The lowest BCUT2D eigenvalue weighted by Gasteiger charge is -2.36. The van der Waals surface area contributed by atoms with Crippen LogP contribution < -0.4 is 5.73 Å². The standard InChI is InChI=1S/C30H41N3O5/c1-37-25-16-33(27-24(34)17-38-28(25)27)30(36)26(19-5-3-2-4-6-19)23-15-20(7-10-22(23)29(31)35)18-11-13-32(14-12-18)21-8-9-21/h7,10,15,18-19,21,25-28H,2-6,8-9,11-14,16-17H2,1H3,(H2,31,35)/t25-,26-,27+,28+/m0/s1. The van der Waals surface area contributed by atoms with E-state index in [2.05, 4.69) is 11.0 Å². The lowest BCUT2D eigenvalue weighted by molar-refractivity contribution is -0.139. The van der Waals surface area contributed by atoms with Crippen LogP contribution >= 0.6 is 0 Å². The molecule has 1 aromatic carbocycles. The first-order chi connectivity index (χ1) is 18.5. The summed E-state index contributed by atoms with van der Waals surface area (Å²) in [7, 11) is 1.60. The van der Waals surface area contributed by atoms with E-state index in [9.17, 15) is 14.4 Å². The van der Waals surface area contributed by atoms with Gasteiger partial charge in [-0.1, -0.05) is 31.4 Å². The van der Waals surface area contributed by atoms with Crippen LogP contribution in [0.5, 0.6) is 0 Å². The van der Waals surface area contributed by atoms with Crippen LogP contribution in [0.4, 0.5) is 0 Å². The Hall–Kier alpha value is -2.29. The molecule has 3 heterocycles. The van der Waals surface area contributed by atoms with Crippen LogP contribution in [0.2, 0.25) is 0 Å². The molecular weight excluding hydrogens is 482 g/mol. The first-order valence-corrected chi connectivity index (χ1v) is 14.6. The third-order valence-electron chi connectivity index (χ3n) is 9.85. The maximum atomic E-state index is 14.5. The average Bonchev–Trinajstić information content (AvgIpc) is 3.63. The van der Waals surface area contributed by atoms with Gasteiger partial charge in [-0.15, -0.1) is 0 Å². The third kappa shape index (κ3) is 4.80. The first kappa shape index (κ1) is 26.0. The van der Waals surface area contributed by atoms with Gasteiger partial charge in [0.2, 0.25) is 11.8 Å². The molecule has 0 aromatic heterocycles. The fourth-order valence-electron chi connectivity index (χ4n) is 7.64. The molecule has 206 valence electrons. The maximum Gasteiger partial charge on any atom is 0.249 e. The summed E-state index contributed by atoms with van der Waals surface area (Å²) < 4.78 is 11.4. The summed E-state index contributed by atoms with van der Waals surface area (Å²) in [6, 6.07) is 6.16. The van der Waals surface area contributed by atoms with Crippen molar-refractivity contribution >= 4 is 17.6 Å². The van der Waals surface area contributed by atoms with E-state index in [1.165, 1.54) is 18.4 Å². The van der Waals surface area contributed by atoms with Crippen LogP contribution in [0.1, 0.15) is 91.1 Å². The van der Waals surface area contributed by atoms with E-state index in [4.69, 9.17) is 15.2 Å². The van der Waals surface area contributed by atoms with Gasteiger partial charge in [-0.3, -0.25) is 14.4 Å². The molecule has 0 radical (unpaired) electrons. The summed E-state index contributed by atoms with van der Waals surface area (Å²) >= 11 is 0. The molecule has 1 aromatic rings. The molecule has 38 heavy (non-hydrogen) atoms. The highest BCUT2D eigenvalue weighted by Gasteiger charge is 2.54.